The Morgan fingerprint density at radius 3 is 1.83 bits per heavy atom. The van der Waals surface area contributed by atoms with Crippen LogP contribution >= 0.6 is 0 Å². The lowest BCUT2D eigenvalue weighted by Gasteiger charge is -2.44. The average molecular weight is 963 g/mol. The maximum Gasteiger partial charge on any atom is 0.426 e. The number of halogens is 6. The van der Waals surface area contributed by atoms with E-state index < -0.39 is 94.6 Å². The summed E-state index contributed by atoms with van der Waals surface area (Å²) < 4.78 is 139. The number of carbonyl (C=O) groups excluding carboxylic acids is 1. The molecule has 1 N–H and O–H groups in total. The van der Waals surface area contributed by atoms with Crippen molar-refractivity contribution in [3.05, 3.63) is 114 Å². The average Bonchev–Trinajstić information content (AvgIpc) is 3.71. The van der Waals surface area contributed by atoms with Gasteiger partial charge in [0.1, 0.15) is 5.60 Å². The number of anilines is 1. The molecule has 3 aromatic carbocycles. The fourth-order valence-electron chi connectivity index (χ4n) is 7.71. The molecule has 0 unspecified atom stereocenters. The van der Waals surface area contributed by atoms with Crippen LogP contribution < -0.4 is 15.7 Å². The van der Waals surface area contributed by atoms with Crippen molar-refractivity contribution in [2.75, 3.05) is 11.6 Å². The third-order valence-corrected chi connectivity index (χ3v) is 16.9. The molecule has 0 spiro atoms. The van der Waals surface area contributed by atoms with Crippen LogP contribution in [0.4, 0.5) is 36.8 Å². The van der Waals surface area contributed by atoms with E-state index in [4.69, 9.17) is 18.3 Å². The number of rotatable bonds is 18. The van der Waals surface area contributed by atoms with Gasteiger partial charge in [0, 0.05) is 12.4 Å². The van der Waals surface area contributed by atoms with Gasteiger partial charge in [-0.2, -0.15) is 26.3 Å². The van der Waals surface area contributed by atoms with Crippen molar-refractivity contribution >= 4 is 40.3 Å². The summed E-state index contributed by atoms with van der Waals surface area (Å²) in [6.07, 6.45) is -10.2. The van der Waals surface area contributed by atoms with Gasteiger partial charge >= 0.3 is 18.4 Å². The van der Waals surface area contributed by atoms with E-state index in [2.05, 4.69) is 65.5 Å². The molecule has 0 radical (unpaired) electrons. The molecule has 0 fully saturated rings. The van der Waals surface area contributed by atoms with Gasteiger partial charge in [0.05, 0.1) is 17.9 Å². The molecule has 66 heavy (non-hydrogen) atoms. The summed E-state index contributed by atoms with van der Waals surface area (Å²) in [5.41, 5.74) is -7.46. The molecule has 0 aliphatic rings. The number of hydrogen-bond acceptors (Lipinski definition) is 10. The van der Waals surface area contributed by atoms with E-state index >= 15 is 13.2 Å². The zero-order chi connectivity index (χ0) is 48.8. The van der Waals surface area contributed by atoms with Crippen molar-refractivity contribution in [3.63, 3.8) is 0 Å². The normalized spacial score (nSPS) is 14.4. The predicted octanol–water partition coefficient (Wildman–Crippen LogP) is 11.2. The lowest BCUT2D eigenvalue weighted by molar-refractivity contribution is -0.300. The van der Waals surface area contributed by atoms with Gasteiger partial charge in [0.2, 0.25) is 5.60 Å². The molecule has 0 aliphatic carbocycles. The monoisotopic (exact) mass is 962 g/mol. The Morgan fingerprint density at radius 2 is 1.33 bits per heavy atom. The molecule has 11 nitrogen and oxygen atoms in total. The Balaban J connectivity index is 1.44. The smallest absolute Gasteiger partial charge is 0.426 e. The van der Waals surface area contributed by atoms with Crippen LogP contribution in [-0.2, 0) is 42.1 Å². The first-order valence-corrected chi connectivity index (χ1v) is 25.2. The number of nitrogens with zero attached hydrogens (tertiary/aromatic N) is 3. The molecule has 2 atom stereocenters. The van der Waals surface area contributed by atoms with Crippen molar-refractivity contribution in [1.29, 1.82) is 0 Å². The Kier molecular flexibility index (Phi) is 16.0. The van der Waals surface area contributed by atoms with Crippen molar-refractivity contribution < 1.29 is 57.9 Å². The molecule has 358 valence electrons. The molecule has 2 heterocycles. The molecule has 0 aliphatic heterocycles. The van der Waals surface area contributed by atoms with Gasteiger partial charge in [-0.25, -0.2) is 18.2 Å². The summed E-state index contributed by atoms with van der Waals surface area (Å²) in [4.78, 5) is 16.5. The van der Waals surface area contributed by atoms with Crippen molar-refractivity contribution in [3.8, 4) is 11.6 Å². The Bertz CT molecular complexity index is 2460. The molecule has 1 amide bonds. The quantitative estimate of drug-likeness (QED) is 0.0512. The van der Waals surface area contributed by atoms with Gasteiger partial charge in [-0.1, -0.05) is 131 Å². The molecule has 5 aromatic rings. The summed E-state index contributed by atoms with van der Waals surface area (Å²) in [5.74, 6) is -2.04. The number of nitrogens with one attached hydrogen (secondary N) is 1. The molecule has 0 bridgehead atoms. The number of alkyl halides is 6. The predicted molar refractivity (Wildman–Crippen MR) is 240 cm³/mol. The van der Waals surface area contributed by atoms with E-state index in [1.807, 2.05) is 43.3 Å². The molecule has 0 saturated carbocycles. The van der Waals surface area contributed by atoms with Crippen LogP contribution in [0.15, 0.2) is 107 Å². The van der Waals surface area contributed by atoms with Gasteiger partial charge in [-0.15, -0.1) is 10.2 Å². The fourth-order valence-corrected chi connectivity index (χ4v) is 13.3. The second-order valence-corrected chi connectivity index (χ2v) is 24.4. The minimum absolute atomic E-state index is 0.0435. The molecular formula is C47H56F6N4O7SSi. The summed E-state index contributed by atoms with van der Waals surface area (Å²) in [6.45, 7) is 12.4. The largest absolute Gasteiger partial charge is 0.444 e. The van der Waals surface area contributed by atoms with E-state index in [0.717, 1.165) is 10.4 Å². The van der Waals surface area contributed by atoms with Gasteiger partial charge in [-0.3, -0.25) is 5.32 Å². The number of hydrogen-bond donors (Lipinski definition) is 1. The van der Waals surface area contributed by atoms with Crippen molar-refractivity contribution in [1.82, 2.24) is 15.2 Å². The van der Waals surface area contributed by atoms with Crippen molar-refractivity contribution in [2.45, 2.75) is 133 Å². The van der Waals surface area contributed by atoms with Crippen molar-refractivity contribution in [2.24, 2.45) is 0 Å². The number of aromatic nitrogens is 3. The highest BCUT2D eigenvalue weighted by atomic mass is 32.2. The van der Waals surface area contributed by atoms with E-state index in [9.17, 15) is 26.4 Å². The maximum absolute atomic E-state index is 15.6. The number of ether oxygens (including phenoxy) is 2. The lowest BCUT2D eigenvalue weighted by atomic mass is 9.94. The Morgan fingerprint density at radius 1 is 0.788 bits per heavy atom. The topological polar surface area (TPSA) is 143 Å². The van der Waals surface area contributed by atoms with Crippen LogP contribution in [-0.4, -0.2) is 62.1 Å². The molecule has 19 heteroatoms. The number of pyridine rings is 1. The molecule has 5 rings (SSSR count). The van der Waals surface area contributed by atoms with Gasteiger partial charge in [0.25, 0.3) is 20.1 Å². The minimum Gasteiger partial charge on any atom is -0.444 e. The molecular weight excluding hydrogens is 907 g/mol. The molecule has 0 saturated heterocycles. The zero-order valence-electron chi connectivity index (χ0n) is 38.1. The Labute approximate surface area is 382 Å². The van der Waals surface area contributed by atoms with Gasteiger partial charge < -0.3 is 18.3 Å². The van der Waals surface area contributed by atoms with E-state index in [1.165, 1.54) is 20.8 Å². The SMILES string of the molecule is C[C@H](CCCCCC[C@@](OCc1ccccc1)(c1nnc(-c2nc(S(C)(=O)=O)c(C(F)(F)F)cc2NC(=O)OC(C)(C)C)o1)C(F)(F)F)O[Si](c1ccccc1)(c1ccccc1)C(C)(C)C. The highest BCUT2D eigenvalue weighted by molar-refractivity contribution is 7.90. The van der Waals surface area contributed by atoms with E-state index in [1.54, 1.807) is 30.3 Å². The standard InChI is InChI=1S/C47H56F6N4O7SSi/c1-32(64-66(44(5,6)7,34-25-17-12-18-26-34)35-27-19-13-20-28-35)22-14-9-10-21-29-45(47(51,52)53,61-31-33-23-15-11-16-24-33)41-57-56-39(62-41)38-37(54-42(58)63-43(2,3)4)30-36(46(48,49)50)40(55-38)65(8,59)60/h11-13,15-20,23-28,30,32H,9-10,14,21-22,29,31H2,1-8H3,(H,54,58)/t32-,45-/m1/s1. The highest BCUT2D eigenvalue weighted by Crippen LogP contribution is 2.48. The van der Waals surface area contributed by atoms with Gasteiger partial charge in [0.15, 0.2) is 20.6 Å². The third kappa shape index (κ3) is 12.5. The number of benzene rings is 3. The highest BCUT2D eigenvalue weighted by Gasteiger charge is 2.61. The van der Waals surface area contributed by atoms with Crippen LogP contribution in [0.5, 0.6) is 0 Å². The first kappa shape index (κ1) is 51.9. The van der Waals surface area contributed by atoms with E-state index in [0.29, 0.717) is 37.5 Å². The second kappa shape index (κ2) is 20.4. The fraction of sp³-hybridized carbons (Fsp3) is 0.447. The molecule has 2 aromatic heterocycles. The lowest BCUT2D eigenvalue weighted by Crippen LogP contribution is -2.67. The van der Waals surface area contributed by atoms with Crippen LogP contribution in [0, 0.1) is 0 Å². The van der Waals surface area contributed by atoms with E-state index in [-0.39, 0.29) is 23.6 Å². The minimum atomic E-state index is -5.31. The van der Waals surface area contributed by atoms with Crippen LogP contribution in [0.25, 0.3) is 11.6 Å². The van der Waals surface area contributed by atoms with Crippen LogP contribution in [0.1, 0.15) is 104 Å². The summed E-state index contributed by atoms with van der Waals surface area (Å²) in [5, 5.41) is 9.98. The number of unbranched alkanes of at least 4 members (excludes halogenated alkanes) is 3. The zero-order valence-corrected chi connectivity index (χ0v) is 40.0. The maximum atomic E-state index is 15.6. The third-order valence-electron chi connectivity index (χ3n) is 10.7. The Hall–Kier alpha value is -5.11. The van der Waals surface area contributed by atoms with Crippen LogP contribution in [0.2, 0.25) is 5.04 Å². The van der Waals surface area contributed by atoms with Gasteiger partial charge in [-0.05, 0) is 74.0 Å². The first-order chi connectivity index (χ1) is 30.7. The summed E-state index contributed by atoms with van der Waals surface area (Å²) >= 11 is 0. The number of sulfone groups is 1. The van der Waals surface area contributed by atoms with Crippen LogP contribution in [0.3, 0.4) is 0 Å². The summed E-state index contributed by atoms with van der Waals surface area (Å²) in [7, 11) is -7.60. The number of carbonyl (C=O) groups is 1. The second-order valence-electron chi connectivity index (χ2n) is 18.2. The first-order valence-electron chi connectivity index (χ1n) is 21.4. The number of amides is 1. The summed E-state index contributed by atoms with van der Waals surface area (Å²) in [6, 6.07) is 28.6.